The molecule has 5 nitrogen and oxygen atoms in total. The molecule has 0 aliphatic carbocycles. The molecule has 1 unspecified atom stereocenters. The van der Waals surface area contributed by atoms with Gasteiger partial charge in [-0.15, -0.1) is 0 Å². The third-order valence-electron chi connectivity index (χ3n) is 3.35. The molecule has 0 spiro atoms. The summed E-state index contributed by atoms with van der Waals surface area (Å²) in [6.07, 6.45) is -0.755. The van der Waals surface area contributed by atoms with Gasteiger partial charge in [-0.25, -0.2) is 4.79 Å². The Morgan fingerprint density at radius 1 is 1.21 bits per heavy atom. The van der Waals surface area contributed by atoms with Crippen molar-refractivity contribution < 1.29 is 14.6 Å². The molecule has 0 saturated heterocycles. The summed E-state index contributed by atoms with van der Waals surface area (Å²) < 4.78 is 5.47. The van der Waals surface area contributed by atoms with Crippen LogP contribution in [0.25, 0.3) is 0 Å². The molecule has 0 saturated carbocycles. The van der Waals surface area contributed by atoms with Crippen molar-refractivity contribution in [3.05, 3.63) is 65.2 Å². The molecule has 0 aromatic heterocycles. The van der Waals surface area contributed by atoms with Gasteiger partial charge in [0.1, 0.15) is 0 Å². The number of anilines is 1. The number of hydrogen-bond donors (Lipinski definition) is 2. The first-order valence-electron chi connectivity index (χ1n) is 7.62. The Labute approximate surface area is 146 Å². The van der Waals surface area contributed by atoms with Gasteiger partial charge in [0.2, 0.25) is 0 Å². The summed E-state index contributed by atoms with van der Waals surface area (Å²) in [6.45, 7) is 0.764. The molecule has 2 aromatic carbocycles. The van der Waals surface area contributed by atoms with Crippen molar-refractivity contribution in [1.82, 2.24) is 4.90 Å². The number of urea groups is 1. The van der Waals surface area contributed by atoms with Crippen LogP contribution in [0, 0.1) is 0 Å². The minimum Gasteiger partial charge on any atom is -0.389 e. The van der Waals surface area contributed by atoms with E-state index in [1.165, 1.54) is 4.90 Å². The van der Waals surface area contributed by atoms with Crippen LogP contribution in [-0.4, -0.2) is 42.3 Å². The fraction of sp³-hybridized carbons (Fsp3) is 0.278. The number of likely N-dealkylation sites (N-methyl/N-ethyl adjacent to an activating group) is 1. The van der Waals surface area contributed by atoms with Crippen LogP contribution in [0.5, 0.6) is 0 Å². The highest BCUT2D eigenvalue weighted by atomic mass is 35.5. The highest BCUT2D eigenvalue weighted by molar-refractivity contribution is 6.30. The molecular weight excluding hydrogens is 328 g/mol. The van der Waals surface area contributed by atoms with Crippen LogP contribution >= 0.6 is 11.6 Å². The molecule has 0 aliphatic heterocycles. The quantitative estimate of drug-likeness (QED) is 0.806. The molecule has 24 heavy (non-hydrogen) atoms. The van der Waals surface area contributed by atoms with E-state index < -0.39 is 6.10 Å². The SMILES string of the molecule is CN(CC(O)COCc1ccccc1)C(=O)Nc1ccc(Cl)cc1. The molecule has 1 atom stereocenters. The van der Waals surface area contributed by atoms with Crippen LogP contribution in [-0.2, 0) is 11.3 Å². The number of amides is 2. The number of rotatable bonds is 7. The Bertz CT molecular complexity index is 634. The van der Waals surface area contributed by atoms with E-state index in [0.29, 0.717) is 17.3 Å². The first-order chi connectivity index (χ1) is 11.5. The second-order valence-electron chi connectivity index (χ2n) is 5.47. The lowest BCUT2D eigenvalue weighted by atomic mass is 10.2. The zero-order chi connectivity index (χ0) is 17.4. The van der Waals surface area contributed by atoms with Gasteiger partial charge in [-0.1, -0.05) is 41.9 Å². The fourth-order valence-corrected chi connectivity index (χ4v) is 2.22. The van der Waals surface area contributed by atoms with E-state index in [0.717, 1.165) is 5.56 Å². The lowest BCUT2D eigenvalue weighted by Gasteiger charge is -2.21. The summed E-state index contributed by atoms with van der Waals surface area (Å²) in [4.78, 5) is 13.5. The highest BCUT2D eigenvalue weighted by Crippen LogP contribution is 2.13. The Morgan fingerprint density at radius 2 is 1.88 bits per heavy atom. The molecule has 2 aromatic rings. The van der Waals surface area contributed by atoms with Gasteiger partial charge in [0.15, 0.2) is 0 Å². The molecule has 2 amide bonds. The second-order valence-corrected chi connectivity index (χ2v) is 5.91. The Hall–Kier alpha value is -2.08. The van der Waals surface area contributed by atoms with Gasteiger partial charge in [0, 0.05) is 17.8 Å². The molecule has 0 radical (unpaired) electrons. The number of ether oxygens (including phenoxy) is 1. The molecule has 128 valence electrons. The maximum atomic E-state index is 12.1. The first-order valence-corrected chi connectivity index (χ1v) is 8.00. The van der Waals surface area contributed by atoms with Crippen LogP contribution in [0.2, 0.25) is 5.02 Å². The van der Waals surface area contributed by atoms with Gasteiger partial charge in [-0.05, 0) is 29.8 Å². The molecule has 2 rings (SSSR count). The van der Waals surface area contributed by atoms with E-state index in [4.69, 9.17) is 16.3 Å². The summed E-state index contributed by atoms with van der Waals surface area (Å²) in [5.74, 6) is 0. The van der Waals surface area contributed by atoms with Crippen LogP contribution in [0.1, 0.15) is 5.56 Å². The van der Waals surface area contributed by atoms with Crippen molar-refractivity contribution in [3.63, 3.8) is 0 Å². The first kappa shape index (κ1) is 18.3. The smallest absolute Gasteiger partial charge is 0.321 e. The minimum absolute atomic E-state index is 0.160. The minimum atomic E-state index is -0.755. The van der Waals surface area contributed by atoms with Crippen molar-refractivity contribution in [2.45, 2.75) is 12.7 Å². The number of nitrogens with zero attached hydrogens (tertiary/aromatic N) is 1. The summed E-state index contributed by atoms with van der Waals surface area (Å²) in [5.41, 5.74) is 1.68. The molecular formula is C18H21ClN2O3. The maximum Gasteiger partial charge on any atom is 0.321 e. The zero-order valence-corrected chi connectivity index (χ0v) is 14.2. The topological polar surface area (TPSA) is 61.8 Å². The van der Waals surface area contributed by atoms with E-state index in [2.05, 4.69) is 5.32 Å². The van der Waals surface area contributed by atoms with Crippen molar-refractivity contribution in [3.8, 4) is 0 Å². The number of benzene rings is 2. The van der Waals surface area contributed by atoms with E-state index >= 15 is 0 Å². The normalized spacial score (nSPS) is 11.8. The van der Waals surface area contributed by atoms with Crippen molar-refractivity contribution in [2.24, 2.45) is 0 Å². The van der Waals surface area contributed by atoms with Crippen LogP contribution in [0.4, 0.5) is 10.5 Å². The van der Waals surface area contributed by atoms with E-state index in [1.807, 2.05) is 30.3 Å². The zero-order valence-electron chi connectivity index (χ0n) is 13.5. The third-order valence-corrected chi connectivity index (χ3v) is 3.60. The number of halogens is 1. The molecule has 0 aliphatic rings. The van der Waals surface area contributed by atoms with E-state index in [1.54, 1.807) is 31.3 Å². The number of hydrogen-bond acceptors (Lipinski definition) is 3. The maximum absolute atomic E-state index is 12.1. The number of nitrogens with one attached hydrogen (secondary N) is 1. The molecule has 0 heterocycles. The third kappa shape index (κ3) is 6.20. The summed E-state index contributed by atoms with van der Waals surface area (Å²) >= 11 is 5.80. The Balaban J connectivity index is 1.71. The van der Waals surface area contributed by atoms with Gasteiger partial charge in [0.05, 0.1) is 25.9 Å². The average Bonchev–Trinajstić information content (AvgIpc) is 2.58. The van der Waals surface area contributed by atoms with Gasteiger partial charge >= 0.3 is 6.03 Å². The van der Waals surface area contributed by atoms with Gasteiger partial charge in [-0.3, -0.25) is 0 Å². The number of carbonyl (C=O) groups is 1. The monoisotopic (exact) mass is 348 g/mol. The molecule has 0 fully saturated rings. The van der Waals surface area contributed by atoms with Crippen LogP contribution < -0.4 is 5.32 Å². The van der Waals surface area contributed by atoms with Gasteiger partial charge in [0.25, 0.3) is 0 Å². The number of aliphatic hydroxyl groups excluding tert-OH is 1. The van der Waals surface area contributed by atoms with E-state index in [9.17, 15) is 9.90 Å². The van der Waals surface area contributed by atoms with Crippen LogP contribution in [0.3, 0.4) is 0 Å². The lowest BCUT2D eigenvalue weighted by Crippen LogP contribution is -2.38. The largest absolute Gasteiger partial charge is 0.389 e. The second kappa shape index (κ2) is 9.27. The van der Waals surface area contributed by atoms with Crippen molar-refractivity contribution in [1.29, 1.82) is 0 Å². The molecule has 6 heteroatoms. The summed E-state index contributed by atoms with van der Waals surface area (Å²) in [7, 11) is 1.62. The fourth-order valence-electron chi connectivity index (χ4n) is 2.09. The standard InChI is InChI=1S/C18H21ClN2O3/c1-21(18(23)20-16-9-7-15(19)8-10-16)11-17(22)13-24-12-14-5-3-2-4-6-14/h2-10,17,22H,11-13H2,1H3,(H,20,23). The van der Waals surface area contributed by atoms with Crippen molar-refractivity contribution in [2.75, 3.05) is 25.5 Å². The average molecular weight is 349 g/mol. The van der Waals surface area contributed by atoms with Gasteiger partial charge in [-0.2, -0.15) is 0 Å². The molecule has 0 bridgehead atoms. The van der Waals surface area contributed by atoms with Gasteiger partial charge < -0.3 is 20.1 Å². The highest BCUT2D eigenvalue weighted by Gasteiger charge is 2.14. The van der Waals surface area contributed by atoms with Crippen LogP contribution in [0.15, 0.2) is 54.6 Å². The predicted octanol–water partition coefficient (Wildman–Crippen LogP) is 3.38. The Kier molecular flexibility index (Phi) is 7.06. The summed E-state index contributed by atoms with van der Waals surface area (Å²) in [6, 6.07) is 16.2. The Morgan fingerprint density at radius 3 is 2.54 bits per heavy atom. The summed E-state index contributed by atoms with van der Waals surface area (Å²) in [5, 5.41) is 13.3. The lowest BCUT2D eigenvalue weighted by molar-refractivity contribution is 0.0188. The number of carbonyl (C=O) groups excluding carboxylic acids is 1. The van der Waals surface area contributed by atoms with Crippen molar-refractivity contribution >= 4 is 23.3 Å². The predicted molar refractivity (Wildman–Crippen MR) is 95.2 cm³/mol. The van der Waals surface area contributed by atoms with E-state index in [-0.39, 0.29) is 19.2 Å². The number of aliphatic hydroxyl groups is 1. The molecule has 2 N–H and O–H groups in total.